The van der Waals surface area contributed by atoms with Crippen LogP contribution in [0.5, 0.6) is 5.75 Å². The van der Waals surface area contributed by atoms with Crippen LogP contribution >= 0.6 is 30.6 Å². The van der Waals surface area contributed by atoms with Crippen LogP contribution in [0.4, 0.5) is 0 Å². The summed E-state index contributed by atoms with van der Waals surface area (Å²) in [5, 5.41) is 0. The molecule has 44 heavy (non-hydrogen) atoms. The van der Waals surface area contributed by atoms with Crippen LogP contribution in [-0.4, -0.2) is 42.7 Å². The third kappa shape index (κ3) is 12.7. The van der Waals surface area contributed by atoms with E-state index in [2.05, 4.69) is 0 Å². The molecule has 1 aromatic rings. The molecule has 0 amide bonds. The SMILES string of the molecule is Cc1ccc(OP2(OC(C)C)=NP(OC(C)C)(OC(C)C)=NP(OC(C)C)(OC(C)C)=NP(OC(C)C)(OC(C)C)=N2)cc1. The summed E-state index contributed by atoms with van der Waals surface area (Å²) < 4.78 is 73.6. The van der Waals surface area contributed by atoms with E-state index >= 15 is 0 Å². The van der Waals surface area contributed by atoms with Crippen molar-refractivity contribution in [2.75, 3.05) is 0 Å². The summed E-state index contributed by atoms with van der Waals surface area (Å²) >= 11 is 0. The molecule has 0 aromatic heterocycles. The smallest absolute Gasteiger partial charge is 0.403 e. The van der Waals surface area contributed by atoms with Crippen molar-refractivity contribution in [3.63, 3.8) is 0 Å². The zero-order valence-electron chi connectivity index (χ0n) is 29.2. The minimum atomic E-state index is -3.78. The minimum absolute atomic E-state index is 0.343. The van der Waals surface area contributed by atoms with Gasteiger partial charge < -0.3 is 31.7 Å². The number of aryl methyl sites for hydroxylation is 1. The Balaban J connectivity index is 3.35. The molecule has 12 nitrogen and oxygen atoms in total. The van der Waals surface area contributed by atoms with E-state index in [1.165, 1.54) is 0 Å². The molecule has 0 spiro atoms. The van der Waals surface area contributed by atoms with Crippen molar-refractivity contribution < 1.29 is 36.2 Å². The van der Waals surface area contributed by atoms with Gasteiger partial charge >= 0.3 is 30.6 Å². The molecule has 0 saturated carbocycles. The van der Waals surface area contributed by atoms with Crippen molar-refractivity contribution in [3.8, 4) is 5.75 Å². The molecule has 1 aromatic carbocycles. The first-order valence-electron chi connectivity index (χ1n) is 15.3. The Hall–Kier alpha value is -0.340. The van der Waals surface area contributed by atoms with Crippen molar-refractivity contribution in [2.24, 2.45) is 18.1 Å². The molecule has 256 valence electrons. The van der Waals surface area contributed by atoms with Crippen molar-refractivity contribution in [1.82, 2.24) is 0 Å². The van der Waals surface area contributed by atoms with E-state index in [1.54, 1.807) is 0 Å². The van der Waals surface area contributed by atoms with Crippen LogP contribution in [0.25, 0.3) is 0 Å². The molecule has 1 atom stereocenters. The zero-order chi connectivity index (χ0) is 33.5. The van der Waals surface area contributed by atoms with E-state index in [1.807, 2.05) is 128 Å². The van der Waals surface area contributed by atoms with Crippen molar-refractivity contribution in [1.29, 1.82) is 0 Å². The lowest BCUT2D eigenvalue weighted by Crippen LogP contribution is -2.14. The van der Waals surface area contributed by atoms with Gasteiger partial charge in [-0.25, -0.2) is 0 Å². The highest BCUT2D eigenvalue weighted by Crippen LogP contribution is 2.81. The molecule has 0 N–H and O–H groups in total. The van der Waals surface area contributed by atoms with Gasteiger partial charge in [0.2, 0.25) is 0 Å². The van der Waals surface area contributed by atoms with E-state index < -0.39 is 30.6 Å². The number of rotatable bonds is 16. The summed E-state index contributed by atoms with van der Waals surface area (Å²) in [6, 6.07) is 7.58. The van der Waals surface area contributed by atoms with Crippen molar-refractivity contribution >= 4 is 30.6 Å². The minimum Gasteiger partial charge on any atom is -0.422 e. The monoisotopic (exact) mass is 700 g/mol. The van der Waals surface area contributed by atoms with Gasteiger partial charge in [0.1, 0.15) is 5.75 Å². The molecule has 0 bridgehead atoms. The lowest BCUT2D eigenvalue weighted by Gasteiger charge is -2.36. The van der Waals surface area contributed by atoms with Gasteiger partial charge in [0.25, 0.3) is 0 Å². The van der Waals surface area contributed by atoms with Gasteiger partial charge in [0.15, 0.2) is 0 Å². The predicted octanol–water partition coefficient (Wildman–Crippen LogP) is 12.1. The highest BCUT2D eigenvalue weighted by atomic mass is 31.3. The summed E-state index contributed by atoms with van der Waals surface area (Å²) in [5.41, 5.74) is 1.07. The van der Waals surface area contributed by atoms with Gasteiger partial charge in [-0.05, 0) is 116 Å². The Kier molecular flexibility index (Phi) is 15.1. The van der Waals surface area contributed by atoms with Gasteiger partial charge in [0.05, 0.1) is 42.7 Å². The number of hydrogen-bond donors (Lipinski definition) is 0. The van der Waals surface area contributed by atoms with Crippen LogP contribution in [0.2, 0.25) is 0 Å². The molecule has 1 heterocycles. The van der Waals surface area contributed by atoms with Gasteiger partial charge in [-0.3, -0.25) is 4.52 Å². The lowest BCUT2D eigenvalue weighted by molar-refractivity contribution is 0.155. The first-order valence-corrected chi connectivity index (χ1v) is 21.4. The quantitative estimate of drug-likeness (QED) is 0.156. The number of nitrogens with zero attached hydrogens (tertiary/aromatic N) is 4. The van der Waals surface area contributed by atoms with Crippen LogP contribution in [0, 0.1) is 6.92 Å². The summed E-state index contributed by atoms with van der Waals surface area (Å²) in [5.74, 6) is 0.495. The second kappa shape index (κ2) is 16.7. The molecule has 0 saturated heterocycles. The van der Waals surface area contributed by atoms with Crippen LogP contribution in [0.1, 0.15) is 102 Å². The molecular formula is C28H56N4O8P4. The maximum atomic E-state index is 6.71. The summed E-state index contributed by atoms with van der Waals surface area (Å²) in [6.07, 6.45) is -2.48. The highest BCUT2D eigenvalue weighted by molar-refractivity contribution is 7.78. The Labute approximate surface area is 266 Å². The van der Waals surface area contributed by atoms with E-state index in [0.29, 0.717) is 5.75 Å². The summed E-state index contributed by atoms with van der Waals surface area (Å²) in [4.78, 5) is 0. The van der Waals surface area contributed by atoms with E-state index in [9.17, 15) is 0 Å². The number of hydrogen-bond acceptors (Lipinski definition) is 12. The van der Waals surface area contributed by atoms with Gasteiger partial charge in [-0.1, -0.05) is 17.7 Å². The zero-order valence-corrected chi connectivity index (χ0v) is 32.8. The second-order valence-electron chi connectivity index (χ2n) is 12.3. The van der Waals surface area contributed by atoms with Gasteiger partial charge in [0, 0.05) is 0 Å². The molecule has 0 radical (unpaired) electrons. The maximum absolute atomic E-state index is 6.71. The normalized spacial score (nSPS) is 21.3. The Morgan fingerprint density at radius 2 is 0.614 bits per heavy atom. The average molecular weight is 701 g/mol. The Morgan fingerprint density at radius 1 is 0.386 bits per heavy atom. The predicted molar refractivity (Wildman–Crippen MR) is 183 cm³/mol. The average Bonchev–Trinajstić information content (AvgIpc) is 2.75. The fourth-order valence-electron chi connectivity index (χ4n) is 3.73. The molecule has 1 unspecified atom stereocenters. The standard InChI is InChI=1S/C28H56N4O8P4/c1-20(2)33-41(34-21(3)4)29-42(35-22(5)6,36-23(7)8)31-44(39-26(13)14,40-28-18-16-27(15)17-19-28)32-43(30-41,37-24(9)10)38-25(11)12/h16-26H,1-15H3. The first-order chi connectivity index (χ1) is 20.2. The second-order valence-corrected chi connectivity index (χ2v) is 20.7. The van der Waals surface area contributed by atoms with E-state index in [-0.39, 0.29) is 42.7 Å². The molecule has 2 rings (SSSR count). The lowest BCUT2D eigenvalue weighted by atomic mass is 10.2. The third-order valence-electron chi connectivity index (χ3n) is 4.59. The van der Waals surface area contributed by atoms with Crippen molar-refractivity contribution in [2.45, 2.75) is 147 Å². The van der Waals surface area contributed by atoms with E-state index in [0.717, 1.165) is 5.56 Å². The largest absolute Gasteiger partial charge is 0.422 e. The Morgan fingerprint density at radius 3 is 0.886 bits per heavy atom. The fraction of sp³-hybridized carbons (Fsp3) is 0.786. The molecule has 1 aliphatic heterocycles. The highest BCUT2D eigenvalue weighted by Gasteiger charge is 2.46. The molecule has 1 aliphatic rings. The number of benzene rings is 1. The molecule has 0 fully saturated rings. The maximum Gasteiger partial charge on any atom is 0.403 e. The van der Waals surface area contributed by atoms with Gasteiger partial charge in [-0.15, -0.1) is 18.1 Å². The third-order valence-corrected chi connectivity index (χ3v) is 17.1. The van der Waals surface area contributed by atoms with Crippen LogP contribution in [0.15, 0.2) is 42.3 Å². The fourth-order valence-corrected chi connectivity index (χ4v) is 17.2. The van der Waals surface area contributed by atoms with Crippen LogP contribution in [0.3, 0.4) is 0 Å². The van der Waals surface area contributed by atoms with Gasteiger partial charge in [-0.2, -0.15) is 0 Å². The van der Waals surface area contributed by atoms with Crippen LogP contribution < -0.4 is 4.52 Å². The summed E-state index contributed by atoms with van der Waals surface area (Å²) in [7, 11) is -14.8. The molecule has 16 heteroatoms. The molecular weight excluding hydrogens is 644 g/mol. The van der Waals surface area contributed by atoms with Crippen molar-refractivity contribution in [3.05, 3.63) is 29.8 Å². The van der Waals surface area contributed by atoms with E-state index in [4.69, 9.17) is 54.3 Å². The first kappa shape index (κ1) is 39.8. The Bertz CT molecular complexity index is 1230. The topological polar surface area (TPSA) is 123 Å². The molecule has 0 aliphatic carbocycles. The summed E-state index contributed by atoms with van der Waals surface area (Å²) in [6.45, 7) is 28.5. The van der Waals surface area contributed by atoms with Crippen LogP contribution in [-0.2, 0) is 31.7 Å².